The van der Waals surface area contributed by atoms with Gasteiger partial charge in [0.25, 0.3) is 21.6 Å². The Balaban J connectivity index is 1.58. The number of carbonyl (C=O) groups excluding carboxylic acids is 1. The number of hydrogen-bond acceptors (Lipinski definition) is 6. The number of nitro groups is 1. The summed E-state index contributed by atoms with van der Waals surface area (Å²) in [5.41, 5.74) is 5.03. The molecule has 206 valence electrons. The summed E-state index contributed by atoms with van der Waals surface area (Å²) in [4.78, 5) is 23.1. The number of nitrogens with one attached hydrogen (secondary N) is 1. The van der Waals surface area contributed by atoms with Gasteiger partial charge in [0.2, 0.25) is 0 Å². The third kappa shape index (κ3) is 6.17. The van der Waals surface area contributed by atoms with Gasteiger partial charge in [-0.15, -0.1) is 0 Å². The molecule has 3 aromatic carbocycles. The Morgan fingerprint density at radius 2 is 1.65 bits per heavy atom. The monoisotopic (exact) mass is 599 g/mol. The molecular weight excluding hydrogens is 577 g/mol. The third-order valence-electron chi connectivity index (χ3n) is 5.93. The van der Waals surface area contributed by atoms with Crippen LogP contribution in [0.2, 0.25) is 10.0 Å². The van der Waals surface area contributed by atoms with Crippen molar-refractivity contribution in [2.75, 3.05) is 10.8 Å². The van der Waals surface area contributed by atoms with Crippen LogP contribution in [0.25, 0.3) is 5.69 Å². The van der Waals surface area contributed by atoms with Crippen LogP contribution in [0.5, 0.6) is 0 Å². The first-order valence-electron chi connectivity index (χ1n) is 11.8. The molecule has 0 atom stereocenters. The summed E-state index contributed by atoms with van der Waals surface area (Å²) in [6.07, 6.45) is 1.44. The van der Waals surface area contributed by atoms with Crippen LogP contribution < -0.4 is 9.73 Å². The van der Waals surface area contributed by atoms with E-state index in [0.29, 0.717) is 15.6 Å². The smallest absolute Gasteiger partial charge is 0.289 e. The van der Waals surface area contributed by atoms with Gasteiger partial charge in [-0.3, -0.25) is 19.2 Å². The molecule has 1 amide bonds. The van der Waals surface area contributed by atoms with Crippen molar-refractivity contribution in [3.8, 4) is 5.69 Å². The van der Waals surface area contributed by atoms with E-state index >= 15 is 0 Å². The SMILES string of the molecule is Cc1cc(/C=N\NC(=O)CN(c2ccccc2)S(=O)(=O)c2ccccc2[N+](=O)[O-])c(C)n1-c1cc(Cl)cc(Cl)c1. The lowest BCUT2D eigenvalue weighted by Gasteiger charge is -2.23. The summed E-state index contributed by atoms with van der Waals surface area (Å²) in [5, 5.41) is 16.5. The highest BCUT2D eigenvalue weighted by atomic mass is 35.5. The van der Waals surface area contributed by atoms with Gasteiger partial charge in [-0.05, 0) is 56.3 Å². The van der Waals surface area contributed by atoms with Gasteiger partial charge in [-0.25, -0.2) is 13.8 Å². The first-order valence-corrected chi connectivity index (χ1v) is 14.0. The van der Waals surface area contributed by atoms with Crippen LogP contribution in [-0.2, 0) is 14.8 Å². The van der Waals surface area contributed by atoms with E-state index in [-0.39, 0.29) is 5.69 Å². The minimum absolute atomic E-state index is 0.156. The van der Waals surface area contributed by atoms with Crippen molar-refractivity contribution in [1.82, 2.24) is 9.99 Å². The zero-order chi connectivity index (χ0) is 29.0. The molecule has 0 spiro atoms. The molecule has 0 fully saturated rings. The van der Waals surface area contributed by atoms with Crippen LogP contribution in [0.15, 0.2) is 88.9 Å². The standard InChI is InChI=1S/C27H23Cl2N5O5S/c1-18-12-20(19(2)33(18)24-14-21(28)13-22(29)15-24)16-30-31-27(35)17-32(23-8-4-3-5-9-23)40(38,39)26-11-7-6-10-25(26)34(36)37/h3-16H,17H2,1-2H3,(H,31,35)/b30-16-. The second-order valence-electron chi connectivity index (χ2n) is 8.65. The number of carbonyl (C=O) groups is 1. The summed E-state index contributed by atoms with van der Waals surface area (Å²) >= 11 is 12.3. The number of para-hydroxylation sites is 2. The number of aryl methyl sites for hydroxylation is 1. The van der Waals surface area contributed by atoms with E-state index in [1.807, 2.05) is 24.5 Å². The fourth-order valence-electron chi connectivity index (χ4n) is 4.18. The van der Waals surface area contributed by atoms with E-state index in [0.717, 1.165) is 33.5 Å². The molecule has 10 nitrogen and oxygen atoms in total. The van der Waals surface area contributed by atoms with E-state index in [1.165, 1.54) is 30.5 Å². The number of sulfonamides is 1. The number of anilines is 1. The largest absolute Gasteiger partial charge is 0.318 e. The summed E-state index contributed by atoms with van der Waals surface area (Å²) in [7, 11) is -4.49. The molecule has 1 aromatic heterocycles. The minimum Gasteiger partial charge on any atom is -0.318 e. The zero-order valence-electron chi connectivity index (χ0n) is 21.3. The van der Waals surface area contributed by atoms with Gasteiger partial charge in [0.15, 0.2) is 4.90 Å². The van der Waals surface area contributed by atoms with Crippen LogP contribution in [0, 0.1) is 24.0 Å². The Morgan fingerprint density at radius 3 is 2.30 bits per heavy atom. The maximum atomic E-state index is 13.5. The molecule has 0 bridgehead atoms. The minimum atomic E-state index is -4.49. The number of nitro benzene ring substituents is 1. The Kier molecular flexibility index (Phi) is 8.58. The molecule has 13 heteroatoms. The Labute approximate surface area is 240 Å². The average molecular weight is 600 g/mol. The number of aromatic nitrogens is 1. The van der Waals surface area contributed by atoms with Gasteiger partial charge in [0.05, 0.1) is 16.8 Å². The highest BCUT2D eigenvalue weighted by Crippen LogP contribution is 2.30. The van der Waals surface area contributed by atoms with Gasteiger partial charge >= 0.3 is 0 Å². The molecule has 40 heavy (non-hydrogen) atoms. The summed E-state index contributed by atoms with van der Waals surface area (Å²) in [6.45, 7) is 3.08. The summed E-state index contributed by atoms with van der Waals surface area (Å²) in [6, 6.07) is 19.8. The van der Waals surface area contributed by atoms with Crippen LogP contribution >= 0.6 is 23.2 Å². The quantitative estimate of drug-likeness (QED) is 0.151. The average Bonchev–Trinajstić information content (AvgIpc) is 3.19. The van der Waals surface area contributed by atoms with Gasteiger partial charge in [-0.1, -0.05) is 53.5 Å². The number of rotatable bonds is 9. The highest BCUT2D eigenvalue weighted by molar-refractivity contribution is 7.93. The number of nitrogens with zero attached hydrogens (tertiary/aromatic N) is 4. The first kappa shape index (κ1) is 28.8. The second-order valence-corrected chi connectivity index (χ2v) is 11.4. The molecule has 4 aromatic rings. The fraction of sp³-hybridized carbons (Fsp3) is 0.111. The molecule has 0 radical (unpaired) electrons. The lowest BCUT2D eigenvalue weighted by Crippen LogP contribution is -2.39. The van der Waals surface area contributed by atoms with Gasteiger partial charge in [0, 0.05) is 38.8 Å². The molecule has 0 aliphatic carbocycles. The van der Waals surface area contributed by atoms with E-state index in [9.17, 15) is 23.3 Å². The van der Waals surface area contributed by atoms with Crippen molar-refractivity contribution in [2.24, 2.45) is 5.10 Å². The lowest BCUT2D eigenvalue weighted by molar-refractivity contribution is -0.387. The van der Waals surface area contributed by atoms with Crippen molar-refractivity contribution in [3.05, 3.63) is 116 Å². The number of hydrogen-bond donors (Lipinski definition) is 1. The van der Waals surface area contributed by atoms with Crippen LogP contribution in [0.4, 0.5) is 11.4 Å². The Bertz CT molecular complexity index is 1700. The van der Waals surface area contributed by atoms with Crippen molar-refractivity contribution in [2.45, 2.75) is 18.7 Å². The molecule has 0 aliphatic heterocycles. The van der Waals surface area contributed by atoms with E-state index in [4.69, 9.17) is 23.2 Å². The fourth-order valence-corrected chi connectivity index (χ4v) is 6.27. The van der Waals surface area contributed by atoms with Crippen LogP contribution in [0.1, 0.15) is 17.0 Å². The molecule has 4 rings (SSSR count). The molecule has 0 unspecified atom stereocenters. The van der Waals surface area contributed by atoms with Crippen molar-refractivity contribution in [1.29, 1.82) is 0 Å². The predicted octanol–water partition coefficient (Wildman–Crippen LogP) is 5.65. The molecule has 0 saturated carbocycles. The predicted molar refractivity (Wildman–Crippen MR) is 155 cm³/mol. The van der Waals surface area contributed by atoms with E-state index in [2.05, 4.69) is 10.5 Å². The normalized spacial score (nSPS) is 11.5. The van der Waals surface area contributed by atoms with Crippen LogP contribution in [0.3, 0.4) is 0 Å². The number of benzene rings is 3. The van der Waals surface area contributed by atoms with Crippen LogP contribution in [-0.4, -0.2) is 36.6 Å². The molecule has 0 aliphatic rings. The Hall–Kier alpha value is -4.19. The van der Waals surface area contributed by atoms with Gasteiger partial charge in [0.1, 0.15) is 6.54 Å². The maximum absolute atomic E-state index is 13.5. The highest BCUT2D eigenvalue weighted by Gasteiger charge is 2.33. The maximum Gasteiger partial charge on any atom is 0.289 e. The second kappa shape index (κ2) is 11.9. The zero-order valence-corrected chi connectivity index (χ0v) is 23.6. The molecule has 1 N–H and O–H groups in total. The first-order chi connectivity index (χ1) is 19.0. The summed E-state index contributed by atoms with van der Waals surface area (Å²) < 4.78 is 29.8. The van der Waals surface area contributed by atoms with E-state index in [1.54, 1.807) is 36.4 Å². The molecule has 0 saturated heterocycles. The van der Waals surface area contributed by atoms with Crippen molar-refractivity contribution < 1.29 is 18.1 Å². The third-order valence-corrected chi connectivity index (χ3v) is 8.19. The topological polar surface area (TPSA) is 127 Å². The lowest BCUT2D eigenvalue weighted by atomic mass is 10.2. The summed E-state index contributed by atoms with van der Waals surface area (Å²) in [5.74, 6) is -0.752. The van der Waals surface area contributed by atoms with Crippen molar-refractivity contribution >= 4 is 56.7 Å². The van der Waals surface area contributed by atoms with Gasteiger partial charge in [-0.2, -0.15) is 5.10 Å². The number of hydrazone groups is 1. The number of halogens is 2. The molecular formula is C27H23Cl2N5O5S. The van der Waals surface area contributed by atoms with Gasteiger partial charge < -0.3 is 4.57 Å². The molecule has 1 heterocycles. The Morgan fingerprint density at radius 1 is 1.02 bits per heavy atom. The van der Waals surface area contributed by atoms with E-state index < -0.39 is 38.0 Å². The number of amides is 1. The van der Waals surface area contributed by atoms with Crippen molar-refractivity contribution in [3.63, 3.8) is 0 Å².